The van der Waals surface area contributed by atoms with Crippen LogP contribution >= 0.6 is 0 Å². The van der Waals surface area contributed by atoms with E-state index in [2.05, 4.69) is 0 Å². The van der Waals surface area contributed by atoms with Crippen LogP contribution < -0.4 is 0 Å². The number of aryl methyl sites for hydroxylation is 1. The van der Waals surface area contributed by atoms with Crippen molar-refractivity contribution in [3.63, 3.8) is 0 Å². The number of amides is 2. The molecule has 1 N–H and O–H groups in total. The van der Waals surface area contributed by atoms with Gasteiger partial charge in [0.1, 0.15) is 11.5 Å². The molecule has 2 heterocycles. The zero-order valence-corrected chi connectivity index (χ0v) is 11.1. The second kappa shape index (κ2) is 4.59. The molecule has 2 aromatic rings. The topological polar surface area (TPSA) is 87.8 Å². The lowest BCUT2D eigenvalue weighted by molar-refractivity contribution is 0.0630. The summed E-state index contributed by atoms with van der Waals surface area (Å²) in [4.78, 5) is 36.5. The molecule has 6 heteroatoms. The summed E-state index contributed by atoms with van der Waals surface area (Å²) in [5.74, 6) is -0.901. The van der Waals surface area contributed by atoms with E-state index >= 15 is 0 Å². The van der Waals surface area contributed by atoms with Crippen LogP contribution in [-0.2, 0) is 6.54 Å². The van der Waals surface area contributed by atoms with Crippen molar-refractivity contribution in [3.05, 3.63) is 58.5 Å². The molecule has 1 aromatic carbocycles. The maximum atomic E-state index is 12.3. The number of carboxylic acid groups (broad SMARTS) is 1. The first-order valence-electron chi connectivity index (χ1n) is 6.26. The third kappa shape index (κ3) is 2.10. The van der Waals surface area contributed by atoms with Crippen LogP contribution in [0, 0.1) is 6.92 Å². The number of hydrogen-bond acceptors (Lipinski definition) is 4. The van der Waals surface area contributed by atoms with Crippen molar-refractivity contribution in [1.82, 2.24) is 4.90 Å². The number of carboxylic acids is 1. The second-order valence-corrected chi connectivity index (χ2v) is 4.77. The number of rotatable bonds is 3. The van der Waals surface area contributed by atoms with Gasteiger partial charge in [-0.25, -0.2) is 4.79 Å². The lowest BCUT2D eigenvalue weighted by Gasteiger charge is -2.11. The van der Waals surface area contributed by atoms with Crippen LogP contribution in [0.3, 0.4) is 0 Å². The van der Waals surface area contributed by atoms with Crippen LogP contribution in [0.15, 0.2) is 34.7 Å². The van der Waals surface area contributed by atoms with Crippen LogP contribution in [0.5, 0.6) is 0 Å². The van der Waals surface area contributed by atoms with E-state index in [1.807, 2.05) is 0 Å². The summed E-state index contributed by atoms with van der Waals surface area (Å²) >= 11 is 0. The number of hydrogen-bond donors (Lipinski definition) is 1. The normalized spacial score (nSPS) is 13.7. The van der Waals surface area contributed by atoms with Crippen molar-refractivity contribution in [2.75, 3.05) is 0 Å². The van der Waals surface area contributed by atoms with E-state index in [9.17, 15) is 14.4 Å². The first-order chi connectivity index (χ1) is 9.97. The molecule has 3 rings (SSSR count). The average molecular weight is 285 g/mol. The Kier molecular flexibility index (Phi) is 2.86. The van der Waals surface area contributed by atoms with E-state index in [1.54, 1.807) is 19.1 Å². The van der Waals surface area contributed by atoms with E-state index in [1.165, 1.54) is 18.2 Å². The first-order valence-corrected chi connectivity index (χ1v) is 6.26. The Morgan fingerprint density at radius 2 is 1.86 bits per heavy atom. The lowest BCUT2D eigenvalue weighted by atomic mass is 10.1. The molecule has 1 aromatic heterocycles. The summed E-state index contributed by atoms with van der Waals surface area (Å²) < 4.78 is 5.36. The molecule has 0 saturated heterocycles. The molecule has 0 bridgehead atoms. The minimum Gasteiger partial charge on any atom is -0.478 e. The molecule has 0 saturated carbocycles. The molecule has 0 unspecified atom stereocenters. The Morgan fingerprint density at radius 3 is 2.48 bits per heavy atom. The third-order valence-electron chi connectivity index (χ3n) is 3.33. The van der Waals surface area contributed by atoms with Crippen LogP contribution in [0.2, 0.25) is 0 Å². The SMILES string of the molecule is Cc1ccc(CN2C(=O)c3ccc(C(=O)O)cc3C2=O)o1. The van der Waals surface area contributed by atoms with Gasteiger partial charge in [-0.2, -0.15) is 0 Å². The fourth-order valence-electron chi connectivity index (χ4n) is 2.29. The molecule has 2 amide bonds. The smallest absolute Gasteiger partial charge is 0.335 e. The number of aromatic carboxylic acids is 1. The Labute approximate surface area is 119 Å². The van der Waals surface area contributed by atoms with Crippen LogP contribution in [0.1, 0.15) is 42.6 Å². The summed E-state index contributed by atoms with van der Waals surface area (Å²) in [6, 6.07) is 7.35. The summed E-state index contributed by atoms with van der Waals surface area (Å²) in [7, 11) is 0. The van der Waals surface area contributed by atoms with Gasteiger partial charge in [0.25, 0.3) is 11.8 Å². The zero-order valence-electron chi connectivity index (χ0n) is 11.1. The highest BCUT2D eigenvalue weighted by molar-refractivity contribution is 6.21. The minimum atomic E-state index is -1.14. The standard InChI is InChI=1S/C15H11NO5/c1-8-2-4-10(21-8)7-16-13(17)11-5-3-9(15(19)20)6-12(11)14(16)18/h2-6H,7H2,1H3,(H,19,20). The van der Waals surface area contributed by atoms with E-state index in [0.29, 0.717) is 11.5 Å². The second-order valence-electron chi connectivity index (χ2n) is 4.77. The number of nitrogens with zero attached hydrogens (tertiary/aromatic N) is 1. The third-order valence-corrected chi connectivity index (χ3v) is 3.33. The molecule has 0 spiro atoms. The number of imide groups is 1. The molecule has 1 aliphatic heterocycles. The van der Waals surface area contributed by atoms with Gasteiger partial charge in [-0.15, -0.1) is 0 Å². The highest BCUT2D eigenvalue weighted by atomic mass is 16.4. The van der Waals surface area contributed by atoms with Gasteiger partial charge in [0, 0.05) is 0 Å². The Bertz CT molecular complexity index is 774. The average Bonchev–Trinajstić information content (AvgIpc) is 2.96. The van der Waals surface area contributed by atoms with Crippen molar-refractivity contribution in [2.24, 2.45) is 0 Å². The highest BCUT2D eigenvalue weighted by Crippen LogP contribution is 2.26. The van der Waals surface area contributed by atoms with Gasteiger partial charge < -0.3 is 9.52 Å². The predicted octanol–water partition coefficient (Wildman–Crippen LogP) is 2.08. The summed E-state index contributed by atoms with van der Waals surface area (Å²) in [5.41, 5.74) is 0.307. The predicted molar refractivity (Wildman–Crippen MR) is 71.1 cm³/mol. The van der Waals surface area contributed by atoms with E-state index < -0.39 is 17.8 Å². The molecule has 0 radical (unpaired) electrons. The maximum absolute atomic E-state index is 12.3. The molecule has 6 nitrogen and oxygen atoms in total. The van der Waals surface area contributed by atoms with Crippen LogP contribution in [-0.4, -0.2) is 27.8 Å². The quantitative estimate of drug-likeness (QED) is 0.872. The highest BCUT2D eigenvalue weighted by Gasteiger charge is 2.36. The lowest BCUT2D eigenvalue weighted by Crippen LogP contribution is -2.28. The van der Waals surface area contributed by atoms with E-state index in [0.717, 1.165) is 4.90 Å². The van der Waals surface area contributed by atoms with E-state index in [-0.39, 0.29) is 23.2 Å². The molecule has 1 aliphatic rings. The number of carbonyl (C=O) groups excluding carboxylic acids is 2. The van der Waals surface area contributed by atoms with Crippen molar-refractivity contribution >= 4 is 17.8 Å². The number of furan rings is 1. The van der Waals surface area contributed by atoms with Crippen molar-refractivity contribution in [2.45, 2.75) is 13.5 Å². The van der Waals surface area contributed by atoms with Gasteiger partial charge in [0.15, 0.2) is 0 Å². The van der Waals surface area contributed by atoms with Gasteiger partial charge >= 0.3 is 5.97 Å². The van der Waals surface area contributed by atoms with Crippen LogP contribution in [0.25, 0.3) is 0 Å². The molecule has 0 atom stereocenters. The van der Waals surface area contributed by atoms with Gasteiger partial charge in [-0.1, -0.05) is 0 Å². The van der Waals surface area contributed by atoms with Crippen molar-refractivity contribution in [3.8, 4) is 0 Å². The summed E-state index contributed by atoms with van der Waals surface area (Å²) in [6.07, 6.45) is 0. The van der Waals surface area contributed by atoms with Crippen molar-refractivity contribution < 1.29 is 23.9 Å². The van der Waals surface area contributed by atoms with Gasteiger partial charge in [-0.3, -0.25) is 14.5 Å². The van der Waals surface area contributed by atoms with Gasteiger partial charge in [0.05, 0.1) is 23.2 Å². The number of carbonyl (C=O) groups is 3. The maximum Gasteiger partial charge on any atom is 0.335 e. The number of benzene rings is 1. The molecule has 21 heavy (non-hydrogen) atoms. The molecule has 0 fully saturated rings. The largest absolute Gasteiger partial charge is 0.478 e. The molecule has 0 aliphatic carbocycles. The van der Waals surface area contributed by atoms with E-state index in [4.69, 9.17) is 9.52 Å². The minimum absolute atomic E-state index is 0.0226. The number of fused-ring (bicyclic) bond motifs is 1. The van der Waals surface area contributed by atoms with Gasteiger partial charge in [0.2, 0.25) is 0 Å². The van der Waals surface area contributed by atoms with Crippen molar-refractivity contribution in [1.29, 1.82) is 0 Å². The first kappa shape index (κ1) is 13.1. The molecular weight excluding hydrogens is 274 g/mol. The monoisotopic (exact) mass is 285 g/mol. The fourth-order valence-corrected chi connectivity index (χ4v) is 2.29. The summed E-state index contributed by atoms with van der Waals surface area (Å²) in [5, 5.41) is 8.95. The van der Waals surface area contributed by atoms with Crippen LogP contribution in [0.4, 0.5) is 0 Å². The Morgan fingerprint density at radius 1 is 1.14 bits per heavy atom. The Hall–Kier alpha value is -2.89. The zero-order chi connectivity index (χ0) is 15.1. The summed E-state index contributed by atoms with van der Waals surface area (Å²) in [6.45, 7) is 1.80. The fraction of sp³-hybridized carbons (Fsp3) is 0.133. The molecule has 106 valence electrons. The molecular formula is C15H11NO5. The van der Waals surface area contributed by atoms with Gasteiger partial charge in [-0.05, 0) is 37.3 Å². The Balaban J connectivity index is 1.94.